The van der Waals surface area contributed by atoms with E-state index in [1.807, 2.05) is 6.92 Å². The first-order chi connectivity index (χ1) is 12.1. The number of unbranched alkanes of at least 4 members (excludes halogenated alkanes) is 5. The van der Waals surface area contributed by atoms with Crippen LogP contribution in [0.25, 0.3) is 0 Å². The van der Waals surface area contributed by atoms with Gasteiger partial charge in [0, 0.05) is 6.42 Å². The monoisotopic (exact) mass is 394 g/mol. The Balaban J connectivity index is 2.07. The van der Waals surface area contributed by atoms with Crippen LogP contribution in [0.1, 0.15) is 56.9 Å². The zero-order chi connectivity index (χ0) is 19.6. The number of hydrogen-bond acceptors (Lipinski definition) is 4. The second-order valence-electron chi connectivity index (χ2n) is 6.29. The number of halogens is 3. The summed E-state index contributed by atoms with van der Waals surface area (Å²) in [5.74, 6) is -0.771. The van der Waals surface area contributed by atoms with Gasteiger partial charge in [-0.05, 0) is 31.9 Å². The van der Waals surface area contributed by atoms with Gasteiger partial charge in [-0.1, -0.05) is 43.4 Å². The molecule has 0 saturated carbocycles. The van der Waals surface area contributed by atoms with Crippen molar-refractivity contribution in [2.24, 2.45) is 0 Å². The predicted octanol–water partition coefficient (Wildman–Crippen LogP) is 4.95. The van der Waals surface area contributed by atoms with Crippen molar-refractivity contribution < 1.29 is 30.6 Å². The Morgan fingerprint density at radius 3 is 2.08 bits per heavy atom. The summed E-state index contributed by atoms with van der Waals surface area (Å²) < 4.78 is 64.8. The highest BCUT2D eigenvalue weighted by Gasteiger charge is 2.30. The van der Waals surface area contributed by atoms with E-state index in [2.05, 4.69) is 0 Å². The summed E-state index contributed by atoms with van der Waals surface area (Å²) in [6.45, 7) is 1.96. The Bertz CT molecular complexity index is 652. The van der Waals surface area contributed by atoms with Crippen LogP contribution in [-0.4, -0.2) is 27.0 Å². The van der Waals surface area contributed by atoms with Crippen LogP contribution in [0.5, 0.6) is 0 Å². The molecule has 0 atom stereocenters. The zero-order valence-electron chi connectivity index (χ0n) is 14.8. The van der Waals surface area contributed by atoms with Gasteiger partial charge in [0.15, 0.2) is 0 Å². The molecule has 1 aromatic rings. The van der Waals surface area contributed by atoms with E-state index in [1.165, 1.54) is 12.1 Å². The van der Waals surface area contributed by atoms with Crippen molar-refractivity contribution in [2.45, 2.75) is 69.4 Å². The fourth-order valence-electron chi connectivity index (χ4n) is 2.38. The zero-order valence-corrected chi connectivity index (χ0v) is 15.7. The van der Waals surface area contributed by atoms with Crippen molar-refractivity contribution in [1.82, 2.24) is 0 Å². The Morgan fingerprint density at radius 1 is 0.962 bits per heavy atom. The van der Waals surface area contributed by atoms with Crippen LogP contribution in [-0.2, 0) is 19.1 Å². The number of carbonyl (C=O) groups is 1. The highest BCUT2D eigenvalue weighted by molar-refractivity contribution is 7.86. The van der Waals surface area contributed by atoms with Gasteiger partial charge in [-0.3, -0.25) is 8.98 Å². The number of Topliss-reactive ketones (excluding diaryl/α,β-unsaturated/α-hetero) is 1. The lowest BCUT2D eigenvalue weighted by molar-refractivity contribution is -0.152. The molecule has 0 saturated heterocycles. The van der Waals surface area contributed by atoms with Gasteiger partial charge in [-0.25, -0.2) is 0 Å². The first-order valence-electron chi connectivity index (χ1n) is 8.65. The molecule has 0 N–H and O–H groups in total. The molecule has 0 fully saturated rings. The van der Waals surface area contributed by atoms with E-state index in [-0.39, 0.29) is 17.9 Å². The Hall–Kier alpha value is -1.41. The molecule has 1 aromatic carbocycles. The van der Waals surface area contributed by atoms with E-state index in [1.54, 1.807) is 12.1 Å². The van der Waals surface area contributed by atoms with Crippen LogP contribution < -0.4 is 0 Å². The van der Waals surface area contributed by atoms with Gasteiger partial charge < -0.3 is 0 Å². The molecular formula is C18H25F3O4S. The van der Waals surface area contributed by atoms with E-state index >= 15 is 0 Å². The molecule has 0 aliphatic heterocycles. The number of rotatable bonds is 12. The maximum atomic E-state index is 12.0. The summed E-state index contributed by atoms with van der Waals surface area (Å²) in [4.78, 5) is 11.2. The van der Waals surface area contributed by atoms with Crippen LogP contribution in [0.2, 0.25) is 0 Å². The van der Waals surface area contributed by atoms with Crippen LogP contribution >= 0.6 is 0 Å². The number of carbonyl (C=O) groups excluding carboxylic acids is 1. The molecular weight excluding hydrogens is 369 g/mol. The average molecular weight is 394 g/mol. The number of hydrogen-bond donors (Lipinski definition) is 0. The molecule has 0 heterocycles. The SMILES string of the molecule is Cc1ccc(S(=O)(=O)OCCCCCCCCC(=O)CC(F)(F)F)cc1. The Kier molecular flexibility index (Phi) is 9.29. The van der Waals surface area contributed by atoms with E-state index in [9.17, 15) is 26.4 Å². The predicted molar refractivity (Wildman–Crippen MR) is 92.3 cm³/mol. The summed E-state index contributed by atoms with van der Waals surface area (Å²) in [5.41, 5.74) is 0.962. The van der Waals surface area contributed by atoms with Gasteiger partial charge in [0.2, 0.25) is 0 Å². The molecule has 0 spiro atoms. The lowest BCUT2D eigenvalue weighted by Crippen LogP contribution is -2.14. The molecule has 0 bridgehead atoms. The largest absolute Gasteiger partial charge is 0.395 e. The smallest absolute Gasteiger partial charge is 0.299 e. The molecule has 0 unspecified atom stereocenters. The van der Waals surface area contributed by atoms with Gasteiger partial charge in [-0.15, -0.1) is 0 Å². The van der Waals surface area contributed by atoms with E-state index < -0.39 is 28.5 Å². The standard InChI is InChI=1S/C18H25F3O4S/c1-15-9-11-17(12-10-15)26(23,24)25-13-7-5-3-2-4-6-8-16(22)14-18(19,20)21/h9-12H,2-8,13-14H2,1H3. The van der Waals surface area contributed by atoms with Gasteiger partial charge >= 0.3 is 6.18 Å². The number of ketones is 1. The third-order valence-electron chi connectivity index (χ3n) is 3.80. The summed E-state index contributed by atoms with van der Waals surface area (Å²) in [7, 11) is -3.73. The third kappa shape index (κ3) is 9.91. The van der Waals surface area contributed by atoms with Gasteiger partial charge in [0.25, 0.3) is 10.1 Å². The van der Waals surface area contributed by atoms with E-state index in [0.717, 1.165) is 24.8 Å². The topological polar surface area (TPSA) is 60.4 Å². The van der Waals surface area contributed by atoms with E-state index in [0.29, 0.717) is 19.3 Å². The van der Waals surface area contributed by atoms with Crippen molar-refractivity contribution in [2.75, 3.05) is 6.61 Å². The normalized spacial score (nSPS) is 12.3. The number of aryl methyl sites for hydroxylation is 1. The minimum absolute atomic E-state index is 0.0442. The van der Waals surface area contributed by atoms with Crippen molar-refractivity contribution in [1.29, 1.82) is 0 Å². The molecule has 26 heavy (non-hydrogen) atoms. The second kappa shape index (κ2) is 10.7. The summed E-state index contributed by atoms with van der Waals surface area (Å²) in [5, 5.41) is 0. The first-order valence-corrected chi connectivity index (χ1v) is 10.1. The minimum atomic E-state index is -4.42. The maximum Gasteiger partial charge on any atom is 0.395 e. The summed E-state index contributed by atoms with van der Waals surface area (Å²) in [6, 6.07) is 6.42. The Morgan fingerprint density at radius 2 is 1.50 bits per heavy atom. The fraction of sp³-hybridized carbons (Fsp3) is 0.611. The second-order valence-corrected chi connectivity index (χ2v) is 7.91. The number of alkyl halides is 3. The van der Waals surface area contributed by atoms with Crippen molar-refractivity contribution in [3.8, 4) is 0 Å². The molecule has 0 aliphatic carbocycles. The molecule has 0 amide bonds. The maximum absolute atomic E-state index is 12.0. The minimum Gasteiger partial charge on any atom is -0.299 e. The van der Waals surface area contributed by atoms with Crippen molar-refractivity contribution >= 4 is 15.9 Å². The average Bonchev–Trinajstić information content (AvgIpc) is 2.52. The highest BCUT2D eigenvalue weighted by atomic mass is 32.2. The van der Waals surface area contributed by atoms with Crippen LogP contribution in [0.4, 0.5) is 13.2 Å². The van der Waals surface area contributed by atoms with Crippen LogP contribution in [0.15, 0.2) is 29.2 Å². The molecule has 8 heteroatoms. The first kappa shape index (κ1) is 22.6. The molecule has 0 radical (unpaired) electrons. The third-order valence-corrected chi connectivity index (χ3v) is 5.12. The molecule has 1 rings (SSSR count). The van der Waals surface area contributed by atoms with Crippen LogP contribution in [0, 0.1) is 6.92 Å². The summed E-state index contributed by atoms with van der Waals surface area (Å²) in [6.07, 6.45) is -1.71. The van der Waals surface area contributed by atoms with E-state index in [4.69, 9.17) is 4.18 Å². The van der Waals surface area contributed by atoms with Crippen LogP contribution in [0.3, 0.4) is 0 Å². The molecule has 4 nitrogen and oxygen atoms in total. The molecule has 0 aliphatic rings. The number of benzene rings is 1. The van der Waals surface area contributed by atoms with Gasteiger partial charge in [0.1, 0.15) is 12.2 Å². The van der Waals surface area contributed by atoms with Gasteiger partial charge in [0.05, 0.1) is 11.5 Å². The molecule has 0 aromatic heterocycles. The molecule has 148 valence electrons. The van der Waals surface area contributed by atoms with Crippen molar-refractivity contribution in [3.63, 3.8) is 0 Å². The Labute approximate surface area is 152 Å². The lowest BCUT2D eigenvalue weighted by atomic mass is 10.1. The lowest BCUT2D eigenvalue weighted by Gasteiger charge is -2.06. The van der Waals surface area contributed by atoms with Crippen molar-refractivity contribution in [3.05, 3.63) is 29.8 Å². The quantitative estimate of drug-likeness (QED) is 0.372. The summed E-state index contributed by atoms with van der Waals surface area (Å²) >= 11 is 0. The van der Waals surface area contributed by atoms with Gasteiger partial charge in [-0.2, -0.15) is 21.6 Å². The highest BCUT2D eigenvalue weighted by Crippen LogP contribution is 2.21. The fourth-order valence-corrected chi connectivity index (χ4v) is 3.33.